The Morgan fingerprint density at radius 3 is 1.72 bits per heavy atom. The molecule has 0 aliphatic rings. The fraction of sp³-hybridized carbons (Fsp3) is 0.294. The zero-order valence-electron chi connectivity index (χ0n) is 12.8. The van der Waals surface area contributed by atoms with Crippen molar-refractivity contribution in [1.82, 2.24) is 5.32 Å². The molecule has 0 unspecified atom stereocenters. The molecule has 0 fully saturated rings. The monoisotopic (exact) mass is 365 g/mol. The number of hydrogen-bond acceptors (Lipinski definition) is 1. The minimum absolute atomic E-state index is 0.0992. The van der Waals surface area contributed by atoms with Crippen molar-refractivity contribution in [3.05, 3.63) is 70.5 Å². The largest absolute Gasteiger partial charge is 0.416 e. The summed E-state index contributed by atoms with van der Waals surface area (Å²) in [5, 5.41) is 2.79. The van der Waals surface area contributed by atoms with E-state index in [2.05, 4.69) is 5.32 Å². The molecule has 1 N–H and O–H groups in total. The van der Waals surface area contributed by atoms with Gasteiger partial charge in [0.2, 0.25) is 0 Å². The molecule has 0 aliphatic heterocycles. The highest BCUT2D eigenvalue weighted by Crippen LogP contribution is 2.36. The van der Waals surface area contributed by atoms with Gasteiger partial charge >= 0.3 is 12.4 Å². The molecule has 0 heterocycles. The molecule has 0 amide bonds. The topological polar surface area (TPSA) is 12.0 Å². The first-order valence-electron chi connectivity index (χ1n) is 7.29. The highest BCUT2D eigenvalue weighted by atomic mass is 19.4. The highest BCUT2D eigenvalue weighted by molar-refractivity contribution is 5.33. The normalized spacial score (nSPS) is 12.4. The Labute approximate surface area is 139 Å². The number of benzene rings is 2. The number of nitrogens with one attached hydrogen (secondary N) is 1. The van der Waals surface area contributed by atoms with Crippen molar-refractivity contribution in [3.63, 3.8) is 0 Å². The summed E-state index contributed by atoms with van der Waals surface area (Å²) in [5.74, 6) is -0.389. The molecule has 0 radical (unpaired) electrons. The van der Waals surface area contributed by atoms with Crippen LogP contribution in [0.2, 0.25) is 0 Å². The van der Waals surface area contributed by atoms with Crippen LogP contribution >= 0.6 is 0 Å². The summed E-state index contributed by atoms with van der Waals surface area (Å²) in [5.41, 5.74) is -1.98. The first-order valence-corrected chi connectivity index (χ1v) is 7.29. The van der Waals surface area contributed by atoms with E-state index in [9.17, 15) is 30.7 Å². The summed E-state index contributed by atoms with van der Waals surface area (Å²) in [6, 6.07) is 7.16. The van der Waals surface area contributed by atoms with E-state index in [1.807, 2.05) is 0 Å². The maximum Gasteiger partial charge on any atom is 0.416 e. The molecule has 0 saturated heterocycles. The lowest BCUT2D eigenvalue weighted by Crippen LogP contribution is -2.18. The predicted molar refractivity (Wildman–Crippen MR) is 78.3 cm³/mol. The van der Waals surface area contributed by atoms with Gasteiger partial charge < -0.3 is 5.32 Å². The first-order chi connectivity index (χ1) is 11.6. The minimum atomic E-state index is -4.86. The summed E-state index contributed by atoms with van der Waals surface area (Å²) in [6.07, 6.45) is -9.25. The Morgan fingerprint density at radius 1 is 0.720 bits per heavy atom. The van der Waals surface area contributed by atoms with Crippen LogP contribution in [0.3, 0.4) is 0 Å². The average molecular weight is 365 g/mol. The third-order valence-corrected chi connectivity index (χ3v) is 3.48. The van der Waals surface area contributed by atoms with Gasteiger partial charge in [0, 0.05) is 6.54 Å². The Hall–Kier alpha value is -2.09. The summed E-state index contributed by atoms with van der Waals surface area (Å²) in [7, 11) is 0. The molecule has 1 nitrogen and oxygen atoms in total. The zero-order chi connectivity index (χ0) is 18.7. The van der Waals surface area contributed by atoms with Crippen LogP contribution in [0.5, 0.6) is 0 Å². The van der Waals surface area contributed by atoms with E-state index in [0.717, 1.165) is 5.56 Å². The minimum Gasteiger partial charge on any atom is -0.312 e. The molecule has 2 aromatic rings. The molecule has 2 aromatic carbocycles. The molecular weight excluding hydrogens is 351 g/mol. The van der Waals surface area contributed by atoms with E-state index >= 15 is 0 Å². The molecule has 136 valence electrons. The molecule has 8 heteroatoms. The number of hydrogen-bond donors (Lipinski definition) is 1. The predicted octanol–water partition coefficient (Wildman–Crippen LogP) is 5.20. The van der Waals surface area contributed by atoms with Crippen LogP contribution in [0.15, 0.2) is 42.5 Å². The maximum atomic E-state index is 12.8. The maximum absolute atomic E-state index is 12.8. The van der Waals surface area contributed by atoms with Crippen LogP contribution < -0.4 is 5.32 Å². The van der Waals surface area contributed by atoms with Crippen LogP contribution in [0.1, 0.15) is 22.3 Å². The lowest BCUT2D eigenvalue weighted by Gasteiger charge is -2.14. The van der Waals surface area contributed by atoms with Gasteiger partial charge in [-0.05, 0) is 54.4 Å². The van der Waals surface area contributed by atoms with Gasteiger partial charge in [0.1, 0.15) is 5.82 Å². The fourth-order valence-electron chi connectivity index (χ4n) is 2.24. The number of rotatable bonds is 5. The molecule has 25 heavy (non-hydrogen) atoms. The van der Waals surface area contributed by atoms with Gasteiger partial charge in [0.25, 0.3) is 0 Å². The fourth-order valence-corrected chi connectivity index (χ4v) is 2.24. The second kappa shape index (κ2) is 7.43. The van der Waals surface area contributed by atoms with Gasteiger partial charge in [0.05, 0.1) is 11.1 Å². The van der Waals surface area contributed by atoms with Crippen LogP contribution in [0.25, 0.3) is 0 Å². The van der Waals surface area contributed by atoms with Gasteiger partial charge in [-0.3, -0.25) is 0 Å². The summed E-state index contributed by atoms with van der Waals surface area (Å²) in [4.78, 5) is 0. The van der Waals surface area contributed by atoms with Crippen molar-refractivity contribution in [2.24, 2.45) is 0 Å². The Balaban J connectivity index is 2.04. The van der Waals surface area contributed by atoms with Gasteiger partial charge in [-0.15, -0.1) is 0 Å². The van der Waals surface area contributed by atoms with Crippen molar-refractivity contribution < 1.29 is 30.7 Å². The van der Waals surface area contributed by atoms with E-state index in [0.29, 0.717) is 25.1 Å². The number of alkyl halides is 6. The van der Waals surface area contributed by atoms with Gasteiger partial charge in [-0.25, -0.2) is 4.39 Å². The second-order valence-electron chi connectivity index (χ2n) is 5.47. The second-order valence-corrected chi connectivity index (χ2v) is 5.47. The van der Waals surface area contributed by atoms with E-state index < -0.39 is 23.5 Å². The summed E-state index contributed by atoms with van der Waals surface area (Å²) >= 11 is 0. The summed E-state index contributed by atoms with van der Waals surface area (Å²) in [6.45, 7) is 0.178. The van der Waals surface area contributed by atoms with E-state index in [-0.39, 0.29) is 24.0 Å². The Morgan fingerprint density at radius 2 is 1.24 bits per heavy atom. The van der Waals surface area contributed by atoms with E-state index in [4.69, 9.17) is 0 Å². The van der Waals surface area contributed by atoms with Crippen molar-refractivity contribution in [1.29, 1.82) is 0 Å². The molecule has 0 saturated carbocycles. The van der Waals surface area contributed by atoms with Gasteiger partial charge in [-0.1, -0.05) is 12.1 Å². The smallest absolute Gasteiger partial charge is 0.312 e. The lowest BCUT2D eigenvalue weighted by atomic mass is 10.0. The van der Waals surface area contributed by atoms with Crippen LogP contribution in [-0.4, -0.2) is 6.54 Å². The van der Waals surface area contributed by atoms with Crippen LogP contribution in [0.4, 0.5) is 30.7 Å². The van der Waals surface area contributed by atoms with E-state index in [1.165, 1.54) is 12.1 Å². The SMILES string of the molecule is Fc1ccc(CCNCc2cc(C(F)(F)F)cc(C(F)(F)F)c2)cc1. The summed E-state index contributed by atoms with van der Waals surface area (Å²) < 4.78 is 89.3. The molecular formula is C17H14F7N. The van der Waals surface area contributed by atoms with Crippen LogP contribution in [0, 0.1) is 5.82 Å². The molecule has 0 aliphatic carbocycles. The molecule has 0 aromatic heterocycles. The van der Waals surface area contributed by atoms with Crippen molar-refractivity contribution in [2.45, 2.75) is 25.3 Å². The van der Waals surface area contributed by atoms with Gasteiger partial charge in [0.15, 0.2) is 0 Å². The van der Waals surface area contributed by atoms with Crippen molar-refractivity contribution >= 4 is 0 Å². The molecule has 0 atom stereocenters. The third-order valence-electron chi connectivity index (χ3n) is 3.48. The standard InChI is InChI=1S/C17H14F7N/c18-15-3-1-11(2-4-15)5-6-25-10-12-7-13(16(19,20)21)9-14(8-12)17(22,23)24/h1-4,7-9,25H,5-6,10H2. The van der Waals surface area contributed by atoms with E-state index in [1.54, 1.807) is 12.1 Å². The molecule has 0 bridgehead atoms. The van der Waals surface area contributed by atoms with Crippen molar-refractivity contribution in [2.75, 3.05) is 6.54 Å². The molecule has 0 spiro atoms. The Bertz CT molecular complexity index is 670. The molecule has 2 rings (SSSR count). The number of halogens is 7. The first kappa shape index (κ1) is 19.2. The zero-order valence-corrected chi connectivity index (χ0v) is 12.8. The average Bonchev–Trinajstić information content (AvgIpc) is 2.51. The lowest BCUT2D eigenvalue weighted by molar-refractivity contribution is -0.143. The third kappa shape index (κ3) is 5.74. The Kier molecular flexibility index (Phi) is 5.72. The van der Waals surface area contributed by atoms with Crippen molar-refractivity contribution in [3.8, 4) is 0 Å². The van der Waals surface area contributed by atoms with Crippen LogP contribution in [-0.2, 0) is 25.3 Å². The highest BCUT2D eigenvalue weighted by Gasteiger charge is 2.36. The van der Waals surface area contributed by atoms with Gasteiger partial charge in [-0.2, -0.15) is 26.3 Å². The quantitative estimate of drug-likeness (QED) is 0.568.